The Balaban J connectivity index is 1.19. The molecule has 0 saturated carbocycles. The maximum atomic E-state index is 12.3. The van der Waals surface area contributed by atoms with E-state index in [9.17, 15) is 4.79 Å². The molecule has 4 rings (SSSR count). The lowest BCUT2D eigenvalue weighted by Gasteiger charge is -2.32. The standard InChI is InChI=1S/C24H31N3O2/c28-24(26-21-10-14-25-18-21)20-6-8-22(9-7-20)29-23-12-16-27(17-13-23)15-11-19-4-2-1-3-5-19/h1-9,21,23,25H,10-18H2,(H,26,28)/t21-/m0/s1. The molecular formula is C24H31N3O2. The second kappa shape index (κ2) is 9.90. The molecule has 2 aliphatic heterocycles. The summed E-state index contributed by atoms with van der Waals surface area (Å²) in [5.74, 6) is 0.851. The van der Waals surface area contributed by atoms with Gasteiger partial charge in [-0.25, -0.2) is 0 Å². The molecule has 2 fully saturated rings. The minimum atomic E-state index is -0.00280. The quantitative estimate of drug-likeness (QED) is 0.760. The number of amides is 1. The summed E-state index contributed by atoms with van der Waals surface area (Å²) in [6, 6.07) is 18.5. The van der Waals surface area contributed by atoms with Crippen LogP contribution in [-0.2, 0) is 6.42 Å². The number of likely N-dealkylation sites (tertiary alicyclic amines) is 1. The van der Waals surface area contributed by atoms with Gasteiger partial charge in [-0.2, -0.15) is 0 Å². The Morgan fingerprint density at radius 2 is 1.79 bits per heavy atom. The van der Waals surface area contributed by atoms with Crippen LogP contribution < -0.4 is 15.4 Å². The Hall–Kier alpha value is -2.37. The Bertz CT molecular complexity index is 764. The number of hydrogen-bond donors (Lipinski definition) is 2. The Morgan fingerprint density at radius 1 is 1.03 bits per heavy atom. The summed E-state index contributed by atoms with van der Waals surface area (Å²) in [5.41, 5.74) is 2.10. The molecule has 0 bridgehead atoms. The van der Waals surface area contributed by atoms with Crippen LogP contribution in [0.15, 0.2) is 54.6 Å². The molecule has 0 aliphatic carbocycles. The maximum absolute atomic E-state index is 12.3. The van der Waals surface area contributed by atoms with Crippen LogP contribution in [0.5, 0.6) is 5.75 Å². The highest BCUT2D eigenvalue weighted by molar-refractivity contribution is 5.94. The monoisotopic (exact) mass is 393 g/mol. The van der Waals surface area contributed by atoms with Gasteiger partial charge >= 0.3 is 0 Å². The van der Waals surface area contributed by atoms with Crippen molar-refractivity contribution in [1.29, 1.82) is 0 Å². The Kier molecular flexibility index (Phi) is 6.80. The van der Waals surface area contributed by atoms with Crippen molar-refractivity contribution in [3.05, 3.63) is 65.7 Å². The van der Waals surface area contributed by atoms with Gasteiger partial charge in [0.25, 0.3) is 5.91 Å². The molecule has 1 amide bonds. The second-order valence-electron chi connectivity index (χ2n) is 8.08. The van der Waals surface area contributed by atoms with Crippen LogP contribution in [0, 0.1) is 0 Å². The van der Waals surface area contributed by atoms with Crippen molar-refractivity contribution >= 4 is 5.91 Å². The summed E-state index contributed by atoms with van der Waals surface area (Å²) in [6.45, 7) is 5.09. The highest BCUT2D eigenvalue weighted by atomic mass is 16.5. The van der Waals surface area contributed by atoms with Crippen molar-refractivity contribution in [3.63, 3.8) is 0 Å². The van der Waals surface area contributed by atoms with E-state index < -0.39 is 0 Å². The van der Waals surface area contributed by atoms with Crippen molar-refractivity contribution in [2.75, 3.05) is 32.7 Å². The molecule has 0 spiro atoms. The smallest absolute Gasteiger partial charge is 0.251 e. The van der Waals surface area contributed by atoms with Gasteiger partial charge in [0.2, 0.25) is 0 Å². The SMILES string of the molecule is O=C(N[C@H]1CCNC1)c1ccc(OC2CCN(CCc3ccccc3)CC2)cc1. The average Bonchev–Trinajstić information content (AvgIpc) is 3.27. The Labute approximate surface area is 173 Å². The van der Waals surface area contributed by atoms with E-state index in [0.717, 1.165) is 64.2 Å². The van der Waals surface area contributed by atoms with Gasteiger partial charge < -0.3 is 20.3 Å². The molecular weight excluding hydrogens is 362 g/mol. The van der Waals surface area contributed by atoms with E-state index in [4.69, 9.17) is 4.74 Å². The van der Waals surface area contributed by atoms with Gasteiger partial charge in [0.05, 0.1) is 0 Å². The molecule has 0 radical (unpaired) electrons. The van der Waals surface area contributed by atoms with Crippen LogP contribution in [-0.4, -0.2) is 55.7 Å². The lowest BCUT2D eigenvalue weighted by Crippen LogP contribution is -2.39. The van der Waals surface area contributed by atoms with Gasteiger partial charge in [-0.1, -0.05) is 30.3 Å². The van der Waals surface area contributed by atoms with Crippen molar-refractivity contribution in [3.8, 4) is 5.75 Å². The highest BCUT2D eigenvalue weighted by Gasteiger charge is 2.21. The normalized spacial score (nSPS) is 20.5. The molecule has 1 atom stereocenters. The summed E-state index contributed by atoms with van der Waals surface area (Å²) >= 11 is 0. The summed E-state index contributed by atoms with van der Waals surface area (Å²) in [6.07, 6.45) is 4.45. The molecule has 2 N–H and O–H groups in total. The van der Waals surface area contributed by atoms with Crippen LogP contribution in [0.2, 0.25) is 0 Å². The fraction of sp³-hybridized carbons (Fsp3) is 0.458. The van der Waals surface area contributed by atoms with Crippen molar-refractivity contribution < 1.29 is 9.53 Å². The summed E-state index contributed by atoms with van der Waals surface area (Å²) < 4.78 is 6.17. The summed E-state index contributed by atoms with van der Waals surface area (Å²) in [7, 11) is 0. The number of rotatable bonds is 7. The fourth-order valence-electron chi connectivity index (χ4n) is 4.11. The third kappa shape index (κ3) is 5.81. The lowest BCUT2D eigenvalue weighted by molar-refractivity contribution is 0.0939. The van der Waals surface area contributed by atoms with E-state index in [1.165, 1.54) is 5.56 Å². The lowest BCUT2D eigenvalue weighted by atomic mass is 10.1. The third-order valence-corrected chi connectivity index (χ3v) is 5.91. The molecule has 0 aromatic heterocycles. The number of benzene rings is 2. The van der Waals surface area contributed by atoms with Crippen LogP contribution in [0.3, 0.4) is 0 Å². The molecule has 29 heavy (non-hydrogen) atoms. The van der Waals surface area contributed by atoms with Crippen LogP contribution in [0.25, 0.3) is 0 Å². The molecule has 2 saturated heterocycles. The van der Waals surface area contributed by atoms with Crippen molar-refractivity contribution in [2.24, 2.45) is 0 Å². The van der Waals surface area contributed by atoms with E-state index in [0.29, 0.717) is 5.56 Å². The number of nitrogens with zero attached hydrogens (tertiary/aromatic N) is 1. The van der Waals surface area contributed by atoms with Gasteiger partial charge in [-0.3, -0.25) is 4.79 Å². The predicted octanol–water partition coefficient (Wildman–Crippen LogP) is 2.86. The molecule has 2 heterocycles. The van der Waals surface area contributed by atoms with Crippen molar-refractivity contribution in [1.82, 2.24) is 15.5 Å². The van der Waals surface area contributed by atoms with Crippen LogP contribution >= 0.6 is 0 Å². The van der Waals surface area contributed by atoms with Crippen molar-refractivity contribution in [2.45, 2.75) is 37.8 Å². The van der Waals surface area contributed by atoms with Gasteiger partial charge in [-0.05, 0) is 62.1 Å². The first-order chi connectivity index (χ1) is 14.3. The number of carbonyl (C=O) groups is 1. The zero-order valence-electron chi connectivity index (χ0n) is 17.0. The zero-order chi connectivity index (χ0) is 19.9. The first-order valence-corrected chi connectivity index (χ1v) is 10.8. The topological polar surface area (TPSA) is 53.6 Å². The fourth-order valence-corrected chi connectivity index (χ4v) is 4.11. The van der Waals surface area contributed by atoms with Gasteiger partial charge in [0.1, 0.15) is 11.9 Å². The van der Waals surface area contributed by atoms with Gasteiger partial charge in [0, 0.05) is 37.8 Å². The zero-order valence-corrected chi connectivity index (χ0v) is 17.0. The molecule has 0 unspecified atom stereocenters. The van der Waals surface area contributed by atoms with E-state index in [1.807, 2.05) is 24.3 Å². The number of piperidine rings is 1. The first kappa shape index (κ1) is 19.9. The first-order valence-electron chi connectivity index (χ1n) is 10.8. The minimum Gasteiger partial charge on any atom is -0.490 e. The van der Waals surface area contributed by atoms with E-state index in [2.05, 4.69) is 45.9 Å². The van der Waals surface area contributed by atoms with Gasteiger partial charge in [0.15, 0.2) is 0 Å². The molecule has 5 heteroatoms. The number of nitrogens with one attached hydrogen (secondary N) is 2. The van der Waals surface area contributed by atoms with Crippen LogP contribution in [0.1, 0.15) is 35.2 Å². The Morgan fingerprint density at radius 3 is 2.48 bits per heavy atom. The highest BCUT2D eigenvalue weighted by Crippen LogP contribution is 2.20. The van der Waals surface area contributed by atoms with E-state index >= 15 is 0 Å². The van der Waals surface area contributed by atoms with Gasteiger partial charge in [-0.15, -0.1) is 0 Å². The van der Waals surface area contributed by atoms with E-state index in [1.54, 1.807) is 0 Å². The summed E-state index contributed by atoms with van der Waals surface area (Å²) in [4.78, 5) is 14.8. The number of hydrogen-bond acceptors (Lipinski definition) is 4. The minimum absolute atomic E-state index is 0.00280. The largest absolute Gasteiger partial charge is 0.490 e. The molecule has 154 valence electrons. The summed E-state index contributed by atoms with van der Waals surface area (Å²) in [5, 5.41) is 6.34. The van der Waals surface area contributed by atoms with Crippen LogP contribution in [0.4, 0.5) is 0 Å². The van der Waals surface area contributed by atoms with E-state index in [-0.39, 0.29) is 18.1 Å². The maximum Gasteiger partial charge on any atom is 0.251 e. The second-order valence-corrected chi connectivity index (χ2v) is 8.08. The number of ether oxygens (including phenoxy) is 1. The number of carbonyl (C=O) groups excluding carboxylic acids is 1. The molecule has 2 aliphatic rings. The average molecular weight is 394 g/mol. The molecule has 5 nitrogen and oxygen atoms in total. The molecule has 2 aromatic rings. The molecule has 2 aromatic carbocycles. The third-order valence-electron chi connectivity index (χ3n) is 5.91. The predicted molar refractivity (Wildman–Crippen MR) is 115 cm³/mol.